The molecule has 0 fully saturated rings. The number of fused-ring (bicyclic) bond motifs is 1. The van der Waals surface area contributed by atoms with E-state index in [0.29, 0.717) is 19.6 Å². The number of nitrogens with zero attached hydrogens (tertiary/aromatic N) is 1. The number of benzene rings is 1. The predicted octanol–water partition coefficient (Wildman–Crippen LogP) is 3.76. The molecule has 0 saturated heterocycles. The maximum absolute atomic E-state index is 11.6. The smallest absolute Gasteiger partial charge is 0.407 e. The van der Waals surface area contributed by atoms with Crippen LogP contribution in [0.5, 0.6) is 0 Å². The van der Waals surface area contributed by atoms with Crippen LogP contribution in [0.4, 0.5) is 4.79 Å². The van der Waals surface area contributed by atoms with Gasteiger partial charge in [-0.1, -0.05) is 18.2 Å². The number of H-pyrrole nitrogens is 1. The van der Waals surface area contributed by atoms with E-state index in [1.54, 1.807) is 0 Å². The van der Waals surface area contributed by atoms with Gasteiger partial charge in [0, 0.05) is 30.8 Å². The molecule has 1 aromatic heterocycles. The maximum atomic E-state index is 11.6. The molecular formula is C20H32IN5O2. The lowest BCUT2D eigenvalue weighted by Crippen LogP contribution is -2.39. The molecule has 156 valence electrons. The Balaban J connectivity index is 0.00000392. The topological polar surface area (TPSA) is 90.5 Å². The first-order valence-corrected chi connectivity index (χ1v) is 9.43. The van der Waals surface area contributed by atoms with E-state index in [9.17, 15) is 4.79 Å². The summed E-state index contributed by atoms with van der Waals surface area (Å²) < 4.78 is 5.21. The number of aliphatic imine (C=N–C) groups is 1. The van der Waals surface area contributed by atoms with Gasteiger partial charge in [-0.25, -0.2) is 9.79 Å². The third kappa shape index (κ3) is 8.81. The highest BCUT2D eigenvalue weighted by Gasteiger charge is 2.15. The minimum atomic E-state index is -0.476. The number of ether oxygens (including phenoxy) is 1. The summed E-state index contributed by atoms with van der Waals surface area (Å²) in [4.78, 5) is 19.6. The number of aromatic amines is 1. The van der Waals surface area contributed by atoms with Crippen molar-refractivity contribution in [1.29, 1.82) is 0 Å². The van der Waals surface area contributed by atoms with Crippen molar-refractivity contribution in [3.8, 4) is 0 Å². The molecule has 28 heavy (non-hydrogen) atoms. The minimum absolute atomic E-state index is 0. The molecule has 0 radical (unpaired) electrons. The average molecular weight is 501 g/mol. The van der Waals surface area contributed by atoms with Gasteiger partial charge in [0.05, 0.1) is 6.54 Å². The molecule has 2 rings (SSSR count). The van der Waals surface area contributed by atoms with Crippen LogP contribution in [0.15, 0.2) is 35.3 Å². The van der Waals surface area contributed by atoms with Crippen molar-refractivity contribution < 1.29 is 9.53 Å². The van der Waals surface area contributed by atoms with Crippen LogP contribution in [0.25, 0.3) is 10.9 Å². The third-order valence-corrected chi connectivity index (χ3v) is 3.65. The van der Waals surface area contributed by atoms with Gasteiger partial charge in [0.2, 0.25) is 0 Å². The standard InChI is InChI=1S/C20H31N5O2.HI/c1-5-21-18(22-11-8-12-23-19(26)27-20(2,3)4)24-14-16-13-15-9-6-7-10-17(15)25-16;/h6-7,9-10,13,25H,5,8,11-12,14H2,1-4H3,(H,23,26)(H2,21,22,24);1H. The summed E-state index contributed by atoms with van der Waals surface area (Å²) >= 11 is 0. The number of guanidine groups is 1. The summed E-state index contributed by atoms with van der Waals surface area (Å²) in [6, 6.07) is 10.3. The quantitative estimate of drug-likeness (QED) is 0.201. The van der Waals surface area contributed by atoms with Crippen LogP contribution in [-0.2, 0) is 11.3 Å². The molecule has 0 atom stereocenters. The van der Waals surface area contributed by atoms with Gasteiger partial charge < -0.3 is 25.7 Å². The van der Waals surface area contributed by atoms with Crippen molar-refractivity contribution in [2.24, 2.45) is 4.99 Å². The number of aromatic nitrogens is 1. The monoisotopic (exact) mass is 501 g/mol. The Kier molecular flexibility index (Phi) is 10.1. The normalized spacial score (nSPS) is 11.6. The van der Waals surface area contributed by atoms with Crippen LogP contribution < -0.4 is 16.0 Å². The number of carbonyl (C=O) groups is 1. The first-order chi connectivity index (χ1) is 12.9. The van der Waals surface area contributed by atoms with E-state index in [-0.39, 0.29) is 30.1 Å². The molecule has 0 aliphatic heterocycles. The Hall–Kier alpha value is -1.97. The predicted molar refractivity (Wildman–Crippen MR) is 125 cm³/mol. The molecule has 7 nitrogen and oxygen atoms in total. The number of hydrogen-bond acceptors (Lipinski definition) is 3. The van der Waals surface area contributed by atoms with Crippen LogP contribution in [0, 0.1) is 0 Å². The van der Waals surface area contributed by atoms with Gasteiger partial charge >= 0.3 is 6.09 Å². The SMILES string of the molecule is CCNC(=NCc1cc2ccccc2[nH]1)NCCCNC(=O)OC(C)(C)C.I. The van der Waals surface area contributed by atoms with E-state index in [4.69, 9.17) is 4.74 Å². The Morgan fingerprint density at radius 1 is 1.14 bits per heavy atom. The van der Waals surface area contributed by atoms with Gasteiger partial charge in [-0.3, -0.25) is 0 Å². The second-order valence-corrected chi connectivity index (χ2v) is 7.29. The third-order valence-electron chi connectivity index (χ3n) is 3.65. The lowest BCUT2D eigenvalue weighted by Gasteiger charge is -2.19. The number of amides is 1. The molecule has 8 heteroatoms. The molecule has 0 aliphatic carbocycles. The van der Waals surface area contributed by atoms with Crippen LogP contribution >= 0.6 is 24.0 Å². The zero-order valence-electron chi connectivity index (χ0n) is 17.1. The lowest BCUT2D eigenvalue weighted by atomic mass is 10.2. The van der Waals surface area contributed by atoms with E-state index in [0.717, 1.165) is 30.1 Å². The molecule has 0 spiro atoms. The van der Waals surface area contributed by atoms with Gasteiger partial charge in [-0.05, 0) is 51.6 Å². The highest BCUT2D eigenvalue weighted by Crippen LogP contribution is 2.15. The number of para-hydroxylation sites is 1. The van der Waals surface area contributed by atoms with Gasteiger partial charge in [0.1, 0.15) is 5.60 Å². The van der Waals surface area contributed by atoms with Gasteiger partial charge in [0.15, 0.2) is 5.96 Å². The van der Waals surface area contributed by atoms with Gasteiger partial charge in [-0.15, -0.1) is 24.0 Å². The zero-order valence-corrected chi connectivity index (χ0v) is 19.4. The van der Waals surface area contributed by atoms with E-state index in [1.807, 2.05) is 39.8 Å². The van der Waals surface area contributed by atoms with Gasteiger partial charge in [0.25, 0.3) is 0 Å². The second kappa shape index (κ2) is 11.8. The molecule has 2 aromatic rings. The molecule has 0 saturated carbocycles. The largest absolute Gasteiger partial charge is 0.444 e. The molecule has 1 amide bonds. The number of halogens is 1. The molecule has 1 heterocycles. The van der Waals surface area contributed by atoms with Crippen LogP contribution in [0.1, 0.15) is 39.8 Å². The Bertz CT molecular complexity index is 734. The number of carbonyl (C=O) groups excluding carboxylic acids is 1. The van der Waals surface area contributed by atoms with Gasteiger partial charge in [-0.2, -0.15) is 0 Å². The molecule has 4 N–H and O–H groups in total. The van der Waals surface area contributed by atoms with E-state index >= 15 is 0 Å². The fraction of sp³-hybridized carbons (Fsp3) is 0.500. The zero-order chi connectivity index (χ0) is 19.7. The van der Waals surface area contributed by atoms with Crippen molar-refractivity contribution in [3.05, 3.63) is 36.0 Å². The maximum Gasteiger partial charge on any atom is 0.407 e. The van der Waals surface area contributed by atoms with Crippen molar-refractivity contribution in [3.63, 3.8) is 0 Å². The Labute approximate surface area is 184 Å². The van der Waals surface area contributed by atoms with Crippen molar-refractivity contribution in [2.75, 3.05) is 19.6 Å². The number of hydrogen-bond donors (Lipinski definition) is 4. The van der Waals surface area contributed by atoms with Crippen molar-refractivity contribution >= 4 is 46.9 Å². The molecule has 0 aliphatic rings. The van der Waals surface area contributed by atoms with Crippen LogP contribution in [0.3, 0.4) is 0 Å². The van der Waals surface area contributed by atoms with Crippen molar-refractivity contribution in [1.82, 2.24) is 20.9 Å². The number of rotatable bonds is 7. The van der Waals surface area contributed by atoms with Crippen LogP contribution in [0.2, 0.25) is 0 Å². The molecule has 1 aromatic carbocycles. The fourth-order valence-corrected chi connectivity index (χ4v) is 2.52. The summed E-state index contributed by atoms with van der Waals surface area (Å²) in [5, 5.41) is 10.4. The van der Waals surface area contributed by atoms with E-state index < -0.39 is 5.60 Å². The molecule has 0 bridgehead atoms. The molecular weight excluding hydrogens is 469 g/mol. The lowest BCUT2D eigenvalue weighted by molar-refractivity contribution is 0.0527. The number of alkyl carbamates (subject to hydrolysis) is 1. The summed E-state index contributed by atoms with van der Waals surface area (Å²) in [5.41, 5.74) is 1.71. The highest BCUT2D eigenvalue weighted by molar-refractivity contribution is 14.0. The Morgan fingerprint density at radius 3 is 2.54 bits per heavy atom. The second-order valence-electron chi connectivity index (χ2n) is 7.29. The molecule has 0 unspecified atom stereocenters. The average Bonchev–Trinajstić information content (AvgIpc) is 3.00. The number of nitrogens with one attached hydrogen (secondary N) is 4. The first kappa shape index (κ1) is 24.1. The summed E-state index contributed by atoms with van der Waals surface area (Å²) in [5.74, 6) is 0.758. The summed E-state index contributed by atoms with van der Waals surface area (Å²) in [7, 11) is 0. The van der Waals surface area contributed by atoms with E-state index in [1.165, 1.54) is 5.39 Å². The highest BCUT2D eigenvalue weighted by atomic mass is 127. The summed E-state index contributed by atoms with van der Waals surface area (Å²) in [6.07, 6.45) is 0.387. The summed E-state index contributed by atoms with van der Waals surface area (Å²) in [6.45, 7) is 10.2. The Morgan fingerprint density at radius 2 is 1.86 bits per heavy atom. The minimum Gasteiger partial charge on any atom is -0.444 e. The first-order valence-electron chi connectivity index (χ1n) is 9.43. The fourth-order valence-electron chi connectivity index (χ4n) is 2.52. The van der Waals surface area contributed by atoms with Crippen molar-refractivity contribution in [2.45, 2.75) is 46.3 Å². The van der Waals surface area contributed by atoms with Crippen LogP contribution in [-0.4, -0.2) is 42.3 Å². The van der Waals surface area contributed by atoms with E-state index in [2.05, 4.69) is 44.1 Å².